The number of anilines is 1. The van der Waals surface area contributed by atoms with Crippen LogP contribution in [0.3, 0.4) is 0 Å². The van der Waals surface area contributed by atoms with E-state index in [1.54, 1.807) is 4.90 Å². The highest BCUT2D eigenvalue weighted by Gasteiger charge is 2.38. The summed E-state index contributed by atoms with van der Waals surface area (Å²) in [6, 6.07) is 5.81. The summed E-state index contributed by atoms with van der Waals surface area (Å²) in [5.74, 6) is -0.130. The Bertz CT molecular complexity index is 861. The van der Waals surface area contributed by atoms with Crippen molar-refractivity contribution in [1.82, 2.24) is 9.80 Å². The van der Waals surface area contributed by atoms with Crippen LogP contribution in [-0.2, 0) is 19.1 Å². The van der Waals surface area contributed by atoms with E-state index < -0.39 is 0 Å². The molecule has 0 aromatic heterocycles. The zero-order valence-corrected chi connectivity index (χ0v) is 19.3. The first-order valence-corrected chi connectivity index (χ1v) is 12.0. The zero-order valence-electron chi connectivity index (χ0n) is 19.3. The molecule has 3 aliphatic rings. The molecule has 0 bridgehead atoms. The Labute approximate surface area is 190 Å². The van der Waals surface area contributed by atoms with Crippen LogP contribution in [0.15, 0.2) is 18.2 Å². The minimum absolute atomic E-state index is 0.000847. The number of hydrogen-bond donors (Lipinski definition) is 1. The van der Waals surface area contributed by atoms with Crippen LogP contribution in [0, 0.1) is 25.7 Å². The van der Waals surface area contributed by atoms with E-state index in [4.69, 9.17) is 4.74 Å². The van der Waals surface area contributed by atoms with Gasteiger partial charge < -0.3 is 19.9 Å². The SMILES string of the molecule is Cc1cccc(NC(=O)CN(CC2CCCO2)C(=O)C2CCCN(C(=O)C3CC3)C2)c1C. The minimum Gasteiger partial charge on any atom is -0.376 e. The van der Waals surface area contributed by atoms with Crippen LogP contribution < -0.4 is 5.32 Å². The molecule has 2 unspecified atom stereocenters. The molecule has 2 heterocycles. The maximum atomic E-state index is 13.5. The number of likely N-dealkylation sites (tertiary alicyclic amines) is 1. The molecule has 0 spiro atoms. The molecule has 1 saturated carbocycles. The number of ether oxygens (including phenoxy) is 1. The van der Waals surface area contributed by atoms with Gasteiger partial charge in [0.25, 0.3) is 0 Å². The van der Waals surface area contributed by atoms with E-state index in [-0.39, 0.29) is 42.2 Å². The Hall–Kier alpha value is -2.41. The number of carbonyl (C=O) groups is 3. The van der Waals surface area contributed by atoms with Gasteiger partial charge in [0.15, 0.2) is 0 Å². The summed E-state index contributed by atoms with van der Waals surface area (Å²) in [4.78, 5) is 42.5. The maximum absolute atomic E-state index is 13.5. The summed E-state index contributed by atoms with van der Waals surface area (Å²) in [5, 5.41) is 2.98. The Morgan fingerprint density at radius 3 is 2.62 bits per heavy atom. The molecule has 1 aromatic rings. The van der Waals surface area contributed by atoms with E-state index in [1.165, 1.54) is 0 Å². The number of hydrogen-bond acceptors (Lipinski definition) is 4. The topological polar surface area (TPSA) is 79.0 Å². The maximum Gasteiger partial charge on any atom is 0.244 e. The highest BCUT2D eigenvalue weighted by atomic mass is 16.5. The van der Waals surface area contributed by atoms with Crippen molar-refractivity contribution >= 4 is 23.4 Å². The van der Waals surface area contributed by atoms with Crippen molar-refractivity contribution < 1.29 is 19.1 Å². The molecule has 7 heteroatoms. The smallest absolute Gasteiger partial charge is 0.244 e. The predicted molar refractivity (Wildman–Crippen MR) is 122 cm³/mol. The molecule has 32 heavy (non-hydrogen) atoms. The third-order valence-electron chi connectivity index (χ3n) is 6.98. The normalized spacial score (nSPS) is 23.1. The fourth-order valence-corrected chi connectivity index (χ4v) is 4.74. The lowest BCUT2D eigenvalue weighted by atomic mass is 9.95. The Morgan fingerprint density at radius 2 is 1.91 bits per heavy atom. The van der Waals surface area contributed by atoms with Gasteiger partial charge in [-0.05, 0) is 69.6 Å². The van der Waals surface area contributed by atoms with Crippen molar-refractivity contribution in [2.24, 2.45) is 11.8 Å². The standard InChI is InChI=1S/C25H35N3O4/c1-17-6-3-9-22(18(17)2)26-23(29)16-28(15-21-8-5-13-32-21)25(31)20-7-4-12-27(14-20)24(30)19-10-11-19/h3,6,9,19-21H,4-5,7-8,10-16H2,1-2H3,(H,26,29). The first-order chi connectivity index (χ1) is 15.4. The van der Waals surface area contributed by atoms with Crippen LogP contribution in [-0.4, -0.2) is 66.4 Å². The van der Waals surface area contributed by atoms with Gasteiger partial charge in [-0.2, -0.15) is 0 Å². The van der Waals surface area contributed by atoms with E-state index in [2.05, 4.69) is 5.32 Å². The molecular weight excluding hydrogens is 406 g/mol. The number of amides is 3. The predicted octanol–water partition coefficient (Wildman–Crippen LogP) is 2.90. The van der Waals surface area contributed by atoms with Gasteiger partial charge in [-0.15, -0.1) is 0 Å². The van der Waals surface area contributed by atoms with E-state index in [0.717, 1.165) is 61.9 Å². The third-order valence-corrected chi connectivity index (χ3v) is 6.98. The molecule has 1 N–H and O–H groups in total. The fraction of sp³-hybridized carbons (Fsp3) is 0.640. The molecule has 3 amide bonds. The van der Waals surface area contributed by atoms with Crippen LogP contribution in [0.4, 0.5) is 5.69 Å². The van der Waals surface area contributed by atoms with Crippen molar-refractivity contribution in [3.05, 3.63) is 29.3 Å². The number of piperidine rings is 1. The van der Waals surface area contributed by atoms with Gasteiger partial charge >= 0.3 is 0 Å². The van der Waals surface area contributed by atoms with Crippen LogP contribution in [0.25, 0.3) is 0 Å². The molecule has 174 valence electrons. The average Bonchev–Trinajstić information content (AvgIpc) is 3.52. The van der Waals surface area contributed by atoms with Gasteiger partial charge in [0.05, 0.1) is 18.6 Å². The fourth-order valence-electron chi connectivity index (χ4n) is 4.74. The van der Waals surface area contributed by atoms with Crippen molar-refractivity contribution in [2.45, 2.75) is 58.5 Å². The summed E-state index contributed by atoms with van der Waals surface area (Å²) in [7, 11) is 0. The number of rotatable bonds is 7. The molecule has 1 aliphatic carbocycles. The molecular formula is C25H35N3O4. The largest absolute Gasteiger partial charge is 0.376 e. The molecule has 7 nitrogen and oxygen atoms in total. The van der Waals surface area contributed by atoms with Gasteiger partial charge in [0.2, 0.25) is 17.7 Å². The van der Waals surface area contributed by atoms with Crippen molar-refractivity contribution in [3.8, 4) is 0 Å². The lowest BCUT2D eigenvalue weighted by molar-refractivity contribution is -0.144. The number of aryl methyl sites for hydroxylation is 1. The first-order valence-electron chi connectivity index (χ1n) is 12.0. The van der Waals surface area contributed by atoms with Crippen LogP contribution in [0.2, 0.25) is 0 Å². The van der Waals surface area contributed by atoms with Crippen LogP contribution >= 0.6 is 0 Å². The average molecular weight is 442 g/mol. The van der Waals surface area contributed by atoms with Gasteiger partial charge in [0.1, 0.15) is 0 Å². The Balaban J connectivity index is 1.43. The molecule has 2 saturated heterocycles. The van der Waals surface area contributed by atoms with Gasteiger partial charge in [-0.1, -0.05) is 12.1 Å². The molecule has 0 radical (unpaired) electrons. The number of nitrogens with zero attached hydrogens (tertiary/aromatic N) is 2. The van der Waals surface area contributed by atoms with E-state index in [9.17, 15) is 14.4 Å². The van der Waals surface area contributed by atoms with E-state index in [1.807, 2.05) is 36.9 Å². The summed E-state index contributed by atoms with van der Waals surface area (Å²) in [6.45, 7) is 6.32. The molecule has 4 rings (SSSR count). The third kappa shape index (κ3) is 5.49. The number of nitrogens with one attached hydrogen (secondary N) is 1. The summed E-state index contributed by atoms with van der Waals surface area (Å²) in [6.07, 6.45) is 5.38. The van der Waals surface area contributed by atoms with Crippen molar-refractivity contribution in [1.29, 1.82) is 0 Å². The number of benzene rings is 1. The second-order valence-electron chi connectivity index (χ2n) is 9.55. The quantitative estimate of drug-likeness (QED) is 0.706. The molecule has 2 atom stereocenters. The summed E-state index contributed by atoms with van der Waals surface area (Å²) in [5.41, 5.74) is 2.91. The highest BCUT2D eigenvalue weighted by Crippen LogP contribution is 2.33. The first kappa shape index (κ1) is 22.8. The minimum atomic E-state index is -0.249. The van der Waals surface area contributed by atoms with E-state index >= 15 is 0 Å². The summed E-state index contributed by atoms with van der Waals surface area (Å²) >= 11 is 0. The lowest BCUT2D eigenvalue weighted by Crippen LogP contribution is -2.50. The monoisotopic (exact) mass is 441 g/mol. The van der Waals surface area contributed by atoms with Crippen molar-refractivity contribution in [3.63, 3.8) is 0 Å². The number of carbonyl (C=O) groups excluding carboxylic acids is 3. The lowest BCUT2D eigenvalue weighted by Gasteiger charge is -2.35. The highest BCUT2D eigenvalue weighted by molar-refractivity contribution is 5.95. The van der Waals surface area contributed by atoms with E-state index in [0.29, 0.717) is 19.7 Å². The Morgan fingerprint density at radius 1 is 1.09 bits per heavy atom. The van der Waals surface area contributed by atoms with Crippen LogP contribution in [0.1, 0.15) is 49.7 Å². The Kier molecular flexibility index (Phi) is 7.13. The van der Waals surface area contributed by atoms with Crippen molar-refractivity contribution in [2.75, 3.05) is 38.1 Å². The second-order valence-corrected chi connectivity index (χ2v) is 9.55. The molecule has 1 aromatic carbocycles. The van der Waals surface area contributed by atoms with Gasteiger partial charge in [-0.25, -0.2) is 0 Å². The zero-order chi connectivity index (χ0) is 22.7. The van der Waals surface area contributed by atoms with Crippen LogP contribution in [0.5, 0.6) is 0 Å². The van der Waals surface area contributed by atoms with Gasteiger partial charge in [-0.3, -0.25) is 14.4 Å². The molecule has 3 fully saturated rings. The van der Waals surface area contributed by atoms with Gasteiger partial charge in [0, 0.05) is 37.8 Å². The second kappa shape index (κ2) is 10.0. The summed E-state index contributed by atoms with van der Waals surface area (Å²) < 4.78 is 5.76. The molecule has 2 aliphatic heterocycles.